The van der Waals surface area contributed by atoms with Crippen molar-refractivity contribution < 1.29 is 5.11 Å². The van der Waals surface area contributed by atoms with E-state index in [4.69, 9.17) is 5.11 Å². The van der Waals surface area contributed by atoms with Gasteiger partial charge in [0.2, 0.25) is 0 Å². The van der Waals surface area contributed by atoms with Gasteiger partial charge in [0.05, 0.1) is 0 Å². The van der Waals surface area contributed by atoms with Gasteiger partial charge in [-0.2, -0.15) is 0 Å². The van der Waals surface area contributed by atoms with Crippen LogP contribution < -0.4 is 0 Å². The second-order valence-electron chi connectivity index (χ2n) is 0.387. The van der Waals surface area contributed by atoms with Gasteiger partial charge in [-0.3, -0.25) is 0 Å². The number of aliphatic hydroxyl groups excluding tert-OH is 1. The third-order valence-electron chi connectivity index (χ3n) is 0.0913. The quantitative estimate of drug-likeness (QED) is 0.334. The van der Waals surface area contributed by atoms with E-state index in [-0.39, 0.29) is 6.51 Å². The Bertz CT molecular complexity index is 22.0. The number of hydrogen-bond donors (Lipinski definition) is 1. The summed E-state index contributed by atoms with van der Waals surface area (Å²) in [6, 6.07) is 0. The van der Waals surface area contributed by atoms with E-state index in [1.807, 2.05) is 0 Å². The molecule has 0 aromatic carbocycles. The first kappa shape index (κ1) is 4.32. The molecule has 0 saturated heterocycles. The van der Waals surface area contributed by atoms with Crippen molar-refractivity contribution in [1.29, 1.82) is 0 Å². The topological polar surface area (TPSA) is 20.2 Å². The molecule has 0 rings (SSSR count). The summed E-state index contributed by atoms with van der Waals surface area (Å²) in [5, 5.41) is 7.77. The van der Waals surface area contributed by atoms with Crippen molar-refractivity contribution in [3.8, 4) is 0 Å². The fraction of sp³-hybridized carbons (Fsp3) is 1.00. The fourth-order valence-corrected chi connectivity index (χ4v) is 0. The maximum absolute atomic E-state index is 7.77. The third-order valence-corrected chi connectivity index (χ3v) is 0.274. The molecule has 4 heavy (non-hydrogen) atoms. The summed E-state index contributed by atoms with van der Waals surface area (Å²) in [5.41, 5.74) is 0. The SMILES string of the molecule is OCB=P. The van der Waals surface area contributed by atoms with Crippen molar-refractivity contribution in [3.05, 3.63) is 0 Å². The van der Waals surface area contributed by atoms with Gasteiger partial charge in [0.15, 0.2) is 0 Å². The molecule has 1 N–H and O–H groups in total. The molecule has 0 spiro atoms. The molecule has 0 atom stereocenters. The monoisotopic (exact) mass is 74.0 g/mol. The Morgan fingerprint density at radius 1 is 2.00 bits per heavy atom. The molecule has 0 unspecified atom stereocenters. The molecule has 0 bridgehead atoms. The fourth-order valence-electron chi connectivity index (χ4n) is 0. The predicted molar refractivity (Wildman–Crippen MR) is 21.2 cm³/mol. The van der Waals surface area contributed by atoms with Crippen LogP contribution in [-0.2, 0) is 0 Å². The molecule has 0 aromatic heterocycles. The summed E-state index contributed by atoms with van der Waals surface area (Å²) in [6.45, 7) is 1.59. The van der Waals surface area contributed by atoms with Gasteiger partial charge < -0.3 is 0 Å². The van der Waals surface area contributed by atoms with Crippen LogP contribution in [0.3, 0.4) is 0 Å². The first-order valence-electron chi connectivity index (χ1n) is 1.01. The Hall–Kier alpha value is 0.325. The van der Waals surface area contributed by atoms with Crippen molar-refractivity contribution >= 4 is 15.3 Å². The van der Waals surface area contributed by atoms with E-state index in [1.54, 1.807) is 0 Å². The molecule has 0 saturated carbocycles. The predicted octanol–water partition coefficient (Wildman–Crippen LogP) is -0.302. The van der Waals surface area contributed by atoms with Gasteiger partial charge >= 0.3 is 27.0 Å². The van der Waals surface area contributed by atoms with E-state index in [1.165, 1.54) is 6.62 Å². The van der Waals surface area contributed by atoms with E-state index in [0.717, 1.165) is 0 Å². The molecule has 0 aliphatic rings. The maximum atomic E-state index is 7.77. The average molecular weight is 73.8 g/mol. The summed E-state index contributed by atoms with van der Waals surface area (Å²) >= 11 is 0. The van der Waals surface area contributed by atoms with Gasteiger partial charge in [0, 0.05) is 0 Å². The van der Waals surface area contributed by atoms with Crippen LogP contribution in [0.25, 0.3) is 0 Å². The Kier molecular flexibility index (Phi) is 3.60. The summed E-state index contributed by atoms with van der Waals surface area (Å²) in [6.07, 6.45) is 0. The molecule has 0 aliphatic heterocycles. The van der Waals surface area contributed by atoms with Crippen LogP contribution in [0.1, 0.15) is 0 Å². The van der Waals surface area contributed by atoms with Crippen molar-refractivity contribution in [1.82, 2.24) is 0 Å². The number of rotatable bonds is 1. The van der Waals surface area contributed by atoms with Gasteiger partial charge in [-0.15, -0.1) is 0 Å². The summed E-state index contributed by atoms with van der Waals surface area (Å²) in [7, 11) is 2.91. The second-order valence-corrected chi connectivity index (χ2v) is 0.795. The zero-order valence-electron chi connectivity index (χ0n) is 2.23. The summed E-state index contributed by atoms with van der Waals surface area (Å²) in [5.74, 6) is 0. The van der Waals surface area contributed by atoms with Crippen LogP contribution in [0.15, 0.2) is 0 Å². The van der Waals surface area contributed by atoms with Crippen molar-refractivity contribution in [3.63, 3.8) is 0 Å². The van der Waals surface area contributed by atoms with E-state index < -0.39 is 0 Å². The summed E-state index contributed by atoms with van der Waals surface area (Å²) < 4.78 is 0. The van der Waals surface area contributed by atoms with Gasteiger partial charge in [0.25, 0.3) is 0 Å². The van der Waals surface area contributed by atoms with Crippen molar-refractivity contribution in [2.45, 2.75) is 0 Å². The molecule has 0 aliphatic carbocycles. The Morgan fingerprint density at radius 2 is 2.25 bits per heavy atom. The Balaban J connectivity index is 2.30. The molecular weight excluding hydrogens is 69.8 g/mol. The van der Waals surface area contributed by atoms with Crippen molar-refractivity contribution in [2.24, 2.45) is 0 Å². The van der Waals surface area contributed by atoms with Crippen LogP contribution in [0.2, 0.25) is 0 Å². The first-order chi connectivity index (χ1) is 1.91. The average Bonchev–Trinajstić information content (AvgIpc) is 1.37. The van der Waals surface area contributed by atoms with Gasteiger partial charge in [-0.05, 0) is 0 Å². The zero-order chi connectivity index (χ0) is 3.41. The van der Waals surface area contributed by atoms with Crippen LogP contribution in [0, 0.1) is 0 Å². The normalized spacial score (nSPS) is 5.25. The van der Waals surface area contributed by atoms with E-state index in [9.17, 15) is 0 Å². The second kappa shape index (κ2) is 3.32. The third kappa shape index (κ3) is 2.32. The Morgan fingerprint density at radius 3 is 2.25 bits per heavy atom. The Labute approximate surface area is 28.0 Å². The van der Waals surface area contributed by atoms with Crippen molar-refractivity contribution in [2.75, 3.05) is 6.51 Å². The molecule has 0 radical (unpaired) electrons. The standard InChI is InChI=1S/CH4BOP/c3-1-2-4/h3-4H,1H2. The van der Waals surface area contributed by atoms with E-state index in [2.05, 4.69) is 8.73 Å². The van der Waals surface area contributed by atoms with Crippen LogP contribution in [0.5, 0.6) is 0 Å². The molecule has 0 heterocycles. The molecular formula is CH4BOP. The number of aliphatic hydroxyl groups is 1. The molecule has 22 valence electrons. The molecule has 1 nitrogen and oxygen atoms in total. The minimum atomic E-state index is 0.108. The van der Waals surface area contributed by atoms with E-state index >= 15 is 0 Å². The van der Waals surface area contributed by atoms with E-state index in [0.29, 0.717) is 0 Å². The van der Waals surface area contributed by atoms with Gasteiger partial charge in [-0.1, -0.05) is 0 Å². The number of hydrogen-bond acceptors (Lipinski definition) is 1. The molecule has 0 aromatic rings. The molecule has 0 amide bonds. The van der Waals surface area contributed by atoms with Crippen LogP contribution >= 0.6 is 8.73 Å². The van der Waals surface area contributed by atoms with Crippen LogP contribution in [-0.4, -0.2) is 18.2 Å². The molecule has 3 heteroatoms. The van der Waals surface area contributed by atoms with Gasteiger partial charge in [0.1, 0.15) is 0 Å². The van der Waals surface area contributed by atoms with Gasteiger partial charge in [-0.25, -0.2) is 0 Å². The molecule has 0 fully saturated rings. The zero-order valence-corrected chi connectivity index (χ0v) is 3.23. The van der Waals surface area contributed by atoms with Crippen LogP contribution in [0.4, 0.5) is 0 Å². The first-order valence-corrected chi connectivity index (χ1v) is 1.59. The summed E-state index contributed by atoms with van der Waals surface area (Å²) in [4.78, 5) is 0. The minimum absolute atomic E-state index is 0.108.